The van der Waals surface area contributed by atoms with Crippen molar-refractivity contribution >= 4 is 28.8 Å². The Morgan fingerprint density at radius 2 is 2.00 bits per heavy atom. The lowest BCUT2D eigenvalue weighted by molar-refractivity contribution is -0.111. The molecule has 2 aromatic heterocycles. The Kier molecular flexibility index (Phi) is 3.99. The predicted octanol–water partition coefficient (Wildman–Crippen LogP) is 4.45. The number of carbonyl (C=O) groups excluding carboxylic acids is 1. The van der Waals surface area contributed by atoms with Gasteiger partial charge >= 0.3 is 0 Å². The van der Waals surface area contributed by atoms with Gasteiger partial charge in [-0.2, -0.15) is 0 Å². The SMILES string of the molecule is O=C(/C=C/c1ccco1)Nc1ccc(-c2nc3ccccc3o2)c(O)c1. The molecule has 0 radical (unpaired) electrons. The van der Waals surface area contributed by atoms with E-state index in [0.717, 1.165) is 0 Å². The molecule has 0 atom stereocenters. The van der Waals surface area contributed by atoms with Gasteiger partial charge in [-0.1, -0.05) is 12.1 Å². The summed E-state index contributed by atoms with van der Waals surface area (Å²) in [5.41, 5.74) is 2.26. The lowest BCUT2D eigenvalue weighted by atomic mass is 10.1. The van der Waals surface area contributed by atoms with Crippen LogP contribution in [-0.4, -0.2) is 16.0 Å². The normalized spacial score (nSPS) is 11.2. The van der Waals surface area contributed by atoms with Crippen LogP contribution in [-0.2, 0) is 4.79 Å². The van der Waals surface area contributed by atoms with Crippen LogP contribution in [0.4, 0.5) is 5.69 Å². The summed E-state index contributed by atoms with van der Waals surface area (Å²) < 4.78 is 10.8. The van der Waals surface area contributed by atoms with E-state index in [-0.39, 0.29) is 11.7 Å². The average Bonchev–Trinajstić information content (AvgIpc) is 3.29. The molecule has 4 rings (SSSR count). The van der Waals surface area contributed by atoms with E-state index in [4.69, 9.17) is 8.83 Å². The number of phenols is 1. The number of para-hydroxylation sites is 2. The van der Waals surface area contributed by atoms with Crippen molar-refractivity contribution in [2.45, 2.75) is 0 Å². The summed E-state index contributed by atoms with van der Waals surface area (Å²) in [5, 5.41) is 13.0. The Bertz CT molecular complexity index is 1060. The number of aromatic nitrogens is 1. The zero-order valence-electron chi connectivity index (χ0n) is 13.5. The van der Waals surface area contributed by atoms with Crippen molar-refractivity contribution in [2.24, 2.45) is 0 Å². The van der Waals surface area contributed by atoms with Crippen LogP contribution in [0.1, 0.15) is 5.76 Å². The number of fused-ring (bicyclic) bond motifs is 1. The van der Waals surface area contributed by atoms with Gasteiger partial charge in [-0.3, -0.25) is 4.79 Å². The van der Waals surface area contributed by atoms with Crippen molar-refractivity contribution in [3.63, 3.8) is 0 Å². The van der Waals surface area contributed by atoms with Gasteiger partial charge < -0.3 is 19.3 Å². The standard InChI is InChI=1S/C20H14N2O4/c23-17-12-13(21-19(24)10-8-14-4-3-11-25-14)7-9-15(17)20-22-16-5-1-2-6-18(16)26-20/h1-12,23H,(H,21,24)/b10-8+. The number of nitrogens with zero attached hydrogens (tertiary/aromatic N) is 1. The Hall–Kier alpha value is -3.80. The van der Waals surface area contributed by atoms with Gasteiger partial charge in [0.15, 0.2) is 5.58 Å². The molecule has 1 amide bonds. The highest BCUT2D eigenvalue weighted by molar-refractivity contribution is 6.02. The van der Waals surface area contributed by atoms with E-state index in [9.17, 15) is 9.90 Å². The molecule has 0 fully saturated rings. The molecule has 6 heteroatoms. The van der Waals surface area contributed by atoms with Crippen molar-refractivity contribution in [2.75, 3.05) is 5.32 Å². The molecule has 0 bridgehead atoms. The molecule has 2 heterocycles. The van der Waals surface area contributed by atoms with Crippen LogP contribution >= 0.6 is 0 Å². The quantitative estimate of drug-likeness (QED) is 0.533. The largest absolute Gasteiger partial charge is 0.507 e. The maximum absolute atomic E-state index is 11.9. The summed E-state index contributed by atoms with van der Waals surface area (Å²) in [5.74, 6) is 0.522. The number of nitrogens with one attached hydrogen (secondary N) is 1. The van der Waals surface area contributed by atoms with Gasteiger partial charge in [-0.25, -0.2) is 4.98 Å². The number of aromatic hydroxyl groups is 1. The molecule has 0 aliphatic carbocycles. The molecule has 2 aromatic carbocycles. The first-order valence-electron chi connectivity index (χ1n) is 7.90. The summed E-state index contributed by atoms with van der Waals surface area (Å²) in [6, 6.07) is 15.6. The number of oxazole rings is 1. The van der Waals surface area contributed by atoms with E-state index in [1.807, 2.05) is 24.3 Å². The van der Waals surface area contributed by atoms with E-state index >= 15 is 0 Å². The molecule has 0 aliphatic heterocycles. The van der Waals surface area contributed by atoms with E-state index in [2.05, 4.69) is 10.3 Å². The third-order valence-electron chi connectivity index (χ3n) is 3.73. The first-order valence-corrected chi connectivity index (χ1v) is 7.90. The maximum atomic E-state index is 11.9. The first-order chi connectivity index (χ1) is 12.7. The molecule has 6 nitrogen and oxygen atoms in total. The van der Waals surface area contributed by atoms with Crippen molar-refractivity contribution < 1.29 is 18.7 Å². The summed E-state index contributed by atoms with van der Waals surface area (Å²) in [7, 11) is 0. The fraction of sp³-hybridized carbons (Fsp3) is 0. The number of furan rings is 1. The van der Waals surface area contributed by atoms with Crippen molar-refractivity contribution in [1.29, 1.82) is 0 Å². The van der Waals surface area contributed by atoms with Gasteiger partial charge in [0.2, 0.25) is 11.8 Å². The van der Waals surface area contributed by atoms with Crippen LogP contribution in [0.2, 0.25) is 0 Å². The van der Waals surface area contributed by atoms with Gasteiger partial charge in [0, 0.05) is 17.8 Å². The number of amides is 1. The second-order valence-corrected chi connectivity index (χ2v) is 5.56. The fourth-order valence-electron chi connectivity index (χ4n) is 2.51. The number of benzene rings is 2. The number of hydrogen-bond acceptors (Lipinski definition) is 5. The highest BCUT2D eigenvalue weighted by Crippen LogP contribution is 2.33. The third-order valence-corrected chi connectivity index (χ3v) is 3.73. The average molecular weight is 346 g/mol. The fourth-order valence-corrected chi connectivity index (χ4v) is 2.51. The minimum absolute atomic E-state index is 0.0376. The van der Waals surface area contributed by atoms with Gasteiger partial charge in [-0.15, -0.1) is 0 Å². The highest BCUT2D eigenvalue weighted by atomic mass is 16.3. The number of carbonyl (C=O) groups is 1. The smallest absolute Gasteiger partial charge is 0.248 e. The molecular weight excluding hydrogens is 332 g/mol. The molecule has 0 spiro atoms. The Labute approximate surface area is 148 Å². The lowest BCUT2D eigenvalue weighted by Gasteiger charge is -2.05. The first kappa shape index (κ1) is 15.7. The minimum atomic E-state index is -0.338. The summed E-state index contributed by atoms with van der Waals surface area (Å²) in [6.07, 6.45) is 4.44. The van der Waals surface area contributed by atoms with Gasteiger partial charge in [0.1, 0.15) is 17.0 Å². The predicted molar refractivity (Wildman–Crippen MR) is 97.5 cm³/mol. The van der Waals surface area contributed by atoms with Crippen LogP contribution in [0, 0.1) is 0 Å². The molecule has 0 saturated heterocycles. The van der Waals surface area contributed by atoms with Gasteiger partial charge in [-0.05, 0) is 42.5 Å². The van der Waals surface area contributed by atoms with E-state index in [1.54, 1.807) is 30.3 Å². The maximum Gasteiger partial charge on any atom is 0.248 e. The highest BCUT2D eigenvalue weighted by Gasteiger charge is 2.13. The lowest BCUT2D eigenvalue weighted by Crippen LogP contribution is -2.07. The van der Waals surface area contributed by atoms with E-state index in [1.165, 1.54) is 18.4 Å². The van der Waals surface area contributed by atoms with Gasteiger partial charge in [0.25, 0.3) is 0 Å². The molecule has 2 N–H and O–H groups in total. The Balaban J connectivity index is 1.53. The number of rotatable bonds is 4. The number of anilines is 1. The molecular formula is C20H14N2O4. The molecule has 26 heavy (non-hydrogen) atoms. The van der Waals surface area contributed by atoms with Crippen LogP contribution in [0.25, 0.3) is 28.6 Å². The second-order valence-electron chi connectivity index (χ2n) is 5.56. The monoisotopic (exact) mass is 346 g/mol. The summed E-state index contributed by atoms with van der Waals surface area (Å²) in [6.45, 7) is 0. The molecule has 4 aromatic rings. The molecule has 128 valence electrons. The molecule has 0 aliphatic rings. The zero-order chi connectivity index (χ0) is 17.9. The zero-order valence-corrected chi connectivity index (χ0v) is 13.5. The Morgan fingerprint density at radius 3 is 2.77 bits per heavy atom. The molecule has 0 saturated carbocycles. The van der Waals surface area contributed by atoms with Crippen molar-refractivity contribution in [1.82, 2.24) is 4.98 Å². The van der Waals surface area contributed by atoms with Crippen molar-refractivity contribution in [3.05, 3.63) is 72.7 Å². The van der Waals surface area contributed by atoms with Crippen LogP contribution < -0.4 is 5.32 Å². The minimum Gasteiger partial charge on any atom is -0.507 e. The van der Waals surface area contributed by atoms with Crippen LogP contribution in [0.3, 0.4) is 0 Å². The van der Waals surface area contributed by atoms with E-state index < -0.39 is 0 Å². The summed E-state index contributed by atoms with van der Waals surface area (Å²) >= 11 is 0. The van der Waals surface area contributed by atoms with E-state index in [0.29, 0.717) is 34.0 Å². The van der Waals surface area contributed by atoms with Crippen molar-refractivity contribution in [3.8, 4) is 17.2 Å². The third kappa shape index (κ3) is 3.21. The van der Waals surface area contributed by atoms with Gasteiger partial charge in [0.05, 0.1) is 11.8 Å². The summed E-state index contributed by atoms with van der Waals surface area (Å²) in [4.78, 5) is 16.3. The van der Waals surface area contributed by atoms with Crippen LogP contribution in [0.15, 0.2) is 75.8 Å². The Morgan fingerprint density at radius 1 is 1.12 bits per heavy atom. The second kappa shape index (κ2) is 6.60. The molecule has 0 unspecified atom stereocenters. The number of phenolic OH excluding ortho intramolecular Hbond substituents is 1. The topological polar surface area (TPSA) is 88.5 Å². The van der Waals surface area contributed by atoms with Crippen LogP contribution in [0.5, 0.6) is 5.75 Å². The number of hydrogen-bond donors (Lipinski definition) is 2.